The van der Waals surface area contributed by atoms with Crippen molar-refractivity contribution in [2.45, 2.75) is 32.2 Å². The molecule has 1 aliphatic carbocycles. The summed E-state index contributed by atoms with van der Waals surface area (Å²) in [5.41, 5.74) is 1.97. The monoisotopic (exact) mass is 392 g/mol. The first-order valence-electron chi connectivity index (χ1n) is 9.92. The Morgan fingerprint density at radius 3 is 2.38 bits per heavy atom. The minimum absolute atomic E-state index is 0.113. The molecule has 3 atom stereocenters. The third-order valence-electron chi connectivity index (χ3n) is 5.73. The highest BCUT2D eigenvalue weighted by Crippen LogP contribution is 2.35. The van der Waals surface area contributed by atoms with E-state index in [1.807, 2.05) is 54.1 Å². The van der Waals surface area contributed by atoms with Crippen LogP contribution in [0, 0.1) is 11.8 Å². The lowest BCUT2D eigenvalue weighted by Gasteiger charge is -2.17. The summed E-state index contributed by atoms with van der Waals surface area (Å²) >= 11 is 0. The van der Waals surface area contributed by atoms with E-state index in [0.717, 1.165) is 11.3 Å². The zero-order valence-electron chi connectivity index (χ0n) is 16.3. The Kier molecular flexibility index (Phi) is 5.29. The van der Waals surface area contributed by atoms with E-state index < -0.39 is 0 Å². The number of carbonyl (C=O) groups is 3. The van der Waals surface area contributed by atoms with Crippen molar-refractivity contribution in [2.75, 3.05) is 6.54 Å². The number of nitrogens with zero attached hydrogens (tertiary/aromatic N) is 3. The summed E-state index contributed by atoms with van der Waals surface area (Å²) in [6.07, 6.45) is 10.6. The molecule has 1 aromatic carbocycles. The second-order valence-electron chi connectivity index (χ2n) is 7.58. The first-order chi connectivity index (χ1) is 14.0. The summed E-state index contributed by atoms with van der Waals surface area (Å²) in [6.45, 7) is 2.05. The van der Waals surface area contributed by atoms with Gasteiger partial charge in [-0.15, -0.1) is 0 Å². The van der Waals surface area contributed by atoms with Gasteiger partial charge in [-0.25, -0.2) is 4.98 Å². The molecule has 7 nitrogen and oxygen atoms in total. The van der Waals surface area contributed by atoms with Crippen LogP contribution in [0.1, 0.15) is 37.8 Å². The molecular weight excluding hydrogens is 368 g/mol. The third-order valence-corrected chi connectivity index (χ3v) is 5.73. The topological polar surface area (TPSA) is 84.3 Å². The highest BCUT2D eigenvalue weighted by Gasteiger charge is 2.46. The molecule has 4 rings (SSSR count). The molecule has 1 aliphatic heterocycles. The highest BCUT2D eigenvalue weighted by molar-refractivity contribution is 6.05. The van der Waals surface area contributed by atoms with Crippen LogP contribution in [0.4, 0.5) is 0 Å². The van der Waals surface area contributed by atoms with Gasteiger partial charge in [0.05, 0.1) is 24.2 Å². The van der Waals surface area contributed by atoms with Gasteiger partial charge in [0.1, 0.15) is 0 Å². The standard InChI is InChI=1S/C22H24N4O3/c1-15(16-6-8-17(9-7-16)25-13-11-23-14-25)24-20(27)10-12-26-21(28)18-4-2-3-5-19(18)22(26)29/h2-3,6-9,11,13-15,18-19H,4-5,10,12H2,1H3,(H,24,27)/t15-,18-,19+/m1/s1. The van der Waals surface area contributed by atoms with Crippen molar-refractivity contribution in [3.05, 3.63) is 60.7 Å². The molecule has 29 heavy (non-hydrogen) atoms. The maximum atomic E-state index is 12.5. The smallest absolute Gasteiger partial charge is 0.233 e. The number of imide groups is 1. The highest BCUT2D eigenvalue weighted by atomic mass is 16.2. The number of nitrogens with one attached hydrogen (secondary N) is 1. The summed E-state index contributed by atoms with van der Waals surface area (Å²) < 4.78 is 1.91. The molecule has 7 heteroatoms. The Labute approximate surface area is 169 Å². The van der Waals surface area contributed by atoms with Crippen LogP contribution in [0.5, 0.6) is 0 Å². The lowest BCUT2D eigenvalue weighted by Crippen LogP contribution is -2.36. The van der Waals surface area contributed by atoms with Gasteiger partial charge in [0.15, 0.2) is 0 Å². The first kappa shape index (κ1) is 19.1. The predicted octanol–water partition coefficient (Wildman–Crippen LogP) is 2.39. The lowest BCUT2D eigenvalue weighted by molar-refractivity contribution is -0.140. The van der Waals surface area contributed by atoms with E-state index in [2.05, 4.69) is 10.3 Å². The SMILES string of the molecule is C[C@@H](NC(=O)CCN1C(=O)[C@H]2CC=CC[C@H]2C1=O)c1ccc(-n2ccnc2)cc1. The number of allylic oxidation sites excluding steroid dienone is 2. The van der Waals surface area contributed by atoms with E-state index in [0.29, 0.717) is 12.8 Å². The van der Waals surface area contributed by atoms with Crippen LogP contribution < -0.4 is 5.32 Å². The number of hydrogen-bond donors (Lipinski definition) is 1. The molecule has 0 spiro atoms. The van der Waals surface area contributed by atoms with Crippen LogP contribution in [-0.4, -0.2) is 38.7 Å². The summed E-state index contributed by atoms with van der Waals surface area (Å²) in [5, 5.41) is 2.95. The second kappa shape index (κ2) is 8.03. The van der Waals surface area contributed by atoms with Gasteiger partial charge in [-0.05, 0) is 37.5 Å². The fraction of sp³-hybridized carbons (Fsp3) is 0.364. The molecule has 0 bridgehead atoms. The van der Waals surface area contributed by atoms with Gasteiger partial charge in [0.2, 0.25) is 17.7 Å². The molecule has 0 unspecified atom stereocenters. The summed E-state index contributed by atoms with van der Waals surface area (Å²) in [7, 11) is 0. The van der Waals surface area contributed by atoms with E-state index in [4.69, 9.17) is 0 Å². The molecule has 2 aliphatic rings. The average Bonchev–Trinajstić information content (AvgIpc) is 3.35. The van der Waals surface area contributed by atoms with Gasteiger partial charge in [-0.1, -0.05) is 24.3 Å². The van der Waals surface area contributed by atoms with Gasteiger partial charge in [-0.2, -0.15) is 0 Å². The summed E-state index contributed by atoms with van der Waals surface area (Å²) in [4.78, 5) is 42.6. The Hall–Kier alpha value is -3.22. The van der Waals surface area contributed by atoms with Crippen molar-refractivity contribution in [3.63, 3.8) is 0 Å². The first-order valence-corrected chi connectivity index (χ1v) is 9.92. The van der Waals surface area contributed by atoms with Crippen LogP contribution in [0.2, 0.25) is 0 Å². The van der Waals surface area contributed by atoms with Crippen molar-refractivity contribution >= 4 is 17.7 Å². The Balaban J connectivity index is 1.30. The van der Waals surface area contributed by atoms with Crippen LogP contribution in [0.15, 0.2) is 55.1 Å². The number of benzene rings is 1. The summed E-state index contributed by atoms with van der Waals surface area (Å²) in [5.74, 6) is -0.947. The van der Waals surface area contributed by atoms with Gasteiger partial charge in [0, 0.05) is 31.0 Å². The van der Waals surface area contributed by atoms with Crippen LogP contribution in [0.25, 0.3) is 5.69 Å². The van der Waals surface area contributed by atoms with Crippen molar-refractivity contribution < 1.29 is 14.4 Å². The zero-order chi connectivity index (χ0) is 20.4. The van der Waals surface area contributed by atoms with E-state index in [1.165, 1.54) is 4.90 Å². The number of amides is 3. The molecule has 0 radical (unpaired) electrons. The van der Waals surface area contributed by atoms with Gasteiger partial charge in [-0.3, -0.25) is 19.3 Å². The van der Waals surface area contributed by atoms with E-state index in [-0.39, 0.29) is 48.6 Å². The number of carbonyl (C=O) groups excluding carboxylic acids is 3. The molecule has 1 saturated heterocycles. The minimum atomic E-state index is -0.247. The van der Waals surface area contributed by atoms with Crippen LogP contribution >= 0.6 is 0 Å². The molecule has 2 aromatic rings. The van der Waals surface area contributed by atoms with E-state index in [1.54, 1.807) is 12.5 Å². The number of fused-ring (bicyclic) bond motifs is 1. The summed E-state index contributed by atoms with van der Waals surface area (Å²) in [6, 6.07) is 7.70. The maximum Gasteiger partial charge on any atom is 0.233 e. The predicted molar refractivity (Wildman–Crippen MR) is 107 cm³/mol. The lowest BCUT2D eigenvalue weighted by atomic mass is 9.85. The largest absolute Gasteiger partial charge is 0.350 e. The fourth-order valence-electron chi connectivity index (χ4n) is 4.05. The van der Waals surface area contributed by atoms with Crippen molar-refractivity contribution in [2.24, 2.45) is 11.8 Å². The average molecular weight is 392 g/mol. The molecule has 2 heterocycles. The molecule has 1 fully saturated rings. The van der Waals surface area contributed by atoms with Crippen molar-refractivity contribution in [1.82, 2.24) is 19.8 Å². The molecule has 1 N–H and O–H groups in total. The Morgan fingerprint density at radius 1 is 1.14 bits per heavy atom. The molecule has 150 valence electrons. The third kappa shape index (κ3) is 3.85. The number of likely N-dealkylation sites (tertiary alicyclic amines) is 1. The van der Waals surface area contributed by atoms with Gasteiger partial charge < -0.3 is 9.88 Å². The van der Waals surface area contributed by atoms with Gasteiger partial charge >= 0.3 is 0 Å². The molecule has 0 saturated carbocycles. The zero-order valence-corrected chi connectivity index (χ0v) is 16.3. The van der Waals surface area contributed by atoms with E-state index in [9.17, 15) is 14.4 Å². The maximum absolute atomic E-state index is 12.5. The van der Waals surface area contributed by atoms with Crippen molar-refractivity contribution in [3.8, 4) is 5.69 Å². The number of imidazole rings is 1. The Morgan fingerprint density at radius 2 is 1.79 bits per heavy atom. The van der Waals surface area contributed by atoms with Crippen LogP contribution in [-0.2, 0) is 14.4 Å². The van der Waals surface area contributed by atoms with Gasteiger partial charge in [0.25, 0.3) is 0 Å². The fourth-order valence-corrected chi connectivity index (χ4v) is 4.05. The number of aromatic nitrogens is 2. The normalized spacial score (nSPS) is 21.9. The quantitative estimate of drug-likeness (QED) is 0.604. The Bertz CT molecular complexity index is 907. The molecule has 1 aromatic heterocycles. The van der Waals surface area contributed by atoms with E-state index >= 15 is 0 Å². The van der Waals surface area contributed by atoms with Crippen LogP contribution in [0.3, 0.4) is 0 Å². The molecular formula is C22H24N4O3. The molecule has 3 amide bonds. The second-order valence-corrected chi connectivity index (χ2v) is 7.58. The number of hydrogen-bond acceptors (Lipinski definition) is 4. The number of rotatable bonds is 6. The minimum Gasteiger partial charge on any atom is -0.350 e. The van der Waals surface area contributed by atoms with Crippen molar-refractivity contribution in [1.29, 1.82) is 0 Å².